The molecule has 0 radical (unpaired) electrons. The molecule has 0 aliphatic rings. The number of aryl methyl sites for hydroxylation is 1. The minimum atomic E-state index is -0.114. The number of guanidine groups is 1. The standard InChI is InChI=1S/C14H24N4O2S/c1-4-15-14(17-9-12-11(2)5-8-21-12)18-10-13(19)16-6-7-20-3/h5,8H,4,6-7,9-10H2,1-3H3,(H,16,19)(H2,15,17,18). The molecule has 0 saturated carbocycles. The summed E-state index contributed by atoms with van der Waals surface area (Å²) in [5.74, 6) is 0.531. The van der Waals surface area contributed by atoms with Gasteiger partial charge in [0.25, 0.3) is 0 Å². The average molecular weight is 312 g/mol. The number of rotatable bonds is 8. The third-order valence-electron chi connectivity index (χ3n) is 2.74. The number of nitrogens with zero attached hydrogens (tertiary/aromatic N) is 1. The van der Waals surface area contributed by atoms with E-state index in [1.165, 1.54) is 10.4 Å². The first kappa shape index (κ1) is 17.5. The maximum Gasteiger partial charge on any atom is 0.241 e. The summed E-state index contributed by atoms with van der Waals surface area (Å²) in [5, 5.41) is 11.2. The molecule has 21 heavy (non-hydrogen) atoms. The molecule has 0 bridgehead atoms. The summed E-state index contributed by atoms with van der Waals surface area (Å²) in [6.45, 7) is 6.64. The van der Waals surface area contributed by atoms with Gasteiger partial charge in [0.1, 0.15) is 6.54 Å². The largest absolute Gasteiger partial charge is 0.383 e. The maximum atomic E-state index is 11.6. The van der Waals surface area contributed by atoms with E-state index in [4.69, 9.17) is 4.74 Å². The van der Waals surface area contributed by atoms with Gasteiger partial charge in [-0.2, -0.15) is 0 Å². The first-order chi connectivity index (χ1) is 10.2. The van der Waals surface area contributed by atoms with Crippen LogP contribution < -0.4 is 16.0 Å². The summed E-state index contributed by atoms with van der Waals surface area (Å²) >= 11 is 1.71. The molecule has 0 fully saturated rings. The molecule has 1 rings (SSSR count). The number of nitrogens with one attached hydrogen (secondary N) is 3. The molecular weight excluding hydrogens is 288 g/mol. The van der Waals surface area contributed by atoms with E-state index in [-0.39, 0.29) is 12.5 Å². The number of carbonyl (C=O) groups is 1. The zero-order chi connectivity index (χ0) is 15.5. The van der Waals surface area contributed by atoms with Crippen LogP contribution in [0.1, 0.15) is 17.4 Å². The second kappa shape index (κ2) is 10.2. The van der Waals surface area contributed by atoms with Crippen LogP contribution >= 0.6 is 11.3 Å². The number of carbonyl (C=O) groups excluding carboxylic acids is 1. The van der Waals surface area contributed by atoms with E-state index in [1.807, 2.05) is 6.92 Å². The van der Waals surface area contributed by atoms with E-state index in [9.17, 15) is 4.79 Å². The van der Waals surface area contributed by atoms with Crippen molar-refractivity contribution in [2.45, 2.75) is 20.4 Å². The van der Waals surface area contributed by atoms with Crippen LogP contribution in [0.3, 0.4) is 0 Å². The number of methoxy groups -OCH3 is 1. The lowest BCUT2D eigenvalue weighted by Gasteiger charge is -2.11. The van der Waals surface area contributed by atoms with Crippen molar-refractivity contribution in [3.05, 3.63) is 21.9 Å². The zero-order valence-corrected chi connectivity index (χ0v) is 13.7. The van der Waals surface area contributed by atoms with E-state index >= 15 is 0 Å². The van der Waals surface area contributed by atoms with Crippen LogP contribution in [0, 0.1) is 6.92 Å². The molecule has 3 N–H and O–H groups in total. The van der Waals surface area contributed by atoms with Gasteiger partial charge in [-0.1, -0.05) is 0 Å². The van der Waals surface area contributed by atoms with Crippen LogP contribution in [-0.4, -0.2) is 45.2 Å². The molecule has 1 aromatic rings. The smallest absolute Gasteiger partial charge is 0.241 e. The van der Waals surface area contributed by atoms with Gasteiger partial charge in [-0.3, -0.25) is 4.79 Å². The first-order valence-corrected chi connectivity index (χ1v) is 7.86. The Kier molecular flexibility index (Phi) is 8.45. The van der Waals surface area contributed by atoms with Gasteiger partial charge in [0.2, 0.25) is 5.91 Å². The Labute approximate surface area is 130 Å². The van der Waals surface area contributed by atoms with E-state index in [1.54, 1.807) is 18.4 Å². The topological polar surface area (TPSA) is 74.8 Å². The fraction of sp³-hybridized carbons (Fsp3) is 0.571. The van der Waals surface area contributed by atoms with Crippen LogP contribution in [0.2, 0.25) is 0 Å². The van der Waals surface area contributed by atoms with E-state index in [0.717, 1.165) is 6.54 Å². The highest BCUT2D eigenvalue weighted by Crippen LogP contribution is 2.14. The quantitative estimate of drug-likeness (QED) is 0.378. The lowest BCUT2D eigenvalue weighted by atomic mass is 10.3. The molecule has 0 atom stereocenters. The van der Waals surface area contributed by atoms with Gasteiger partial charge in [0.15, 0.2) is 5.96 Å². The zero-order valence-electron chi connectivity index (χ0n) is 12.9. The van der Waals surface area contributed by atoms with Crippen LogP contribution in [0.5, 0.6) is 0 Å². The van der Waals surface area contributed by atoms with Crippen molar-refractivity contribution in [3.8, 4) is 0 Å². The highest BCUT2D eigenvalue weighted by atomic mass is 32.1. The second-order valence-corrected chi connectivity index (χ2v) is 5.42. The molecule has 0 aromatic carbocycles. The number of aliphatic imine (C=N–C) groups is 1. The van der Waals surface area contributed by atoms with Crippen LogP contribution in [0.4, 0.5) is 0 Å². The maximum absolute atomic E-state index is 11.6. The monoisotopic (exact) mass is 312 g/mol. The molecule has 1 heterocycles. The van der Waals surface area contributed by atoms with Crippen molar-refractivity contribution in [1.82, 2.24) is 16.0 Å². The normalized spacial score (nSPS) is 11.3. The average Bonchev–Trinajstić information content (AvgIpc) is 2.87. The Morgan fingerprint density at radius 1 is 1.38 bits per heavy atom. The molecule has 0 aliphatic heterocycles. The molecule has 0 unspecified atom stereocenters. The van der Waals surface area contributed by atoms with Crippen LogP contribution in [-0.2, 0) is 16.1 Å². The molecule has 0 saturated heterocycles. The Hall–Kier alpha value is -1.60. The second-order valence-electron chi connectivity index (χ2n) is 4.42. The number of hydrogen-bond donors (Lipinski definition) is 3. The Morgan fingerprint density at radius 2 is 2.19 bits per heavy atom. The summed E-state index contributed by atoms with van der Waals surface area (Å²) < 4.78 is 4.87. The molecule has 0 spiro atoms. The Morgan fingerprint density at radius 3 is 2.81 bits per heavy atom. The fourth-order valence-electron chi connectivity index (χ4n) is 1.59. The predicted molar refractivity (Wildman–Crippen MR) is 86.8 cm³/mol. The number of thiophene rings is 1. The van der Waals surface area contributed by atoms with Gasteiger partial charge in [0.05, 0.1) is 13.2 Å². The third kappa shape index (κ3) is 7.10. The molecule has 7 heteroatoms. The van der Waals surface area contributed by atoms with Gasteiger partial charge in [-0.05, 0) is 30.9 Å². The van der Waals surface area contributed by atoms with Gasteiger partial charge in [-0.15, -0.1) is 11.3 Å². The van der Waals surface area contributed by atoms with Crippen LogP contribution in [0.15, 0.2) is 16.4 Å². The van der Waals surface area contributed by atoms with Crippen molar-refractivity contribution >= 4 is 23.2 Å². The summed E-state index contributed by atoms with van der Waals surface area (Å²) in [5.41, 5.74) is 1.26. The molecule has 0 aliphatic carbocycles. The minimum absolute atomic E-state index is 0.0997. The molecule has 1 aromatic heterocycles. The Bertz CT molecular complexity index is 460. The van der Waals surface area contributed by atoms with E-state index in [0.29, 0.717) is 25.7 Å². The van der Waals surface area contributed by atoms with E-state index in [2.05, 4.69) is 39.3 Å². The molecule has 1 amide bonds. The first-order valence-electron chi connectivity index (χ1n) is 6.98. The van der Waals surface area contributed by atoms with Gasteiger partial charge < -0.3 is 20.7 Å². The summed E-state index contributed by atoms with van der Waals surface area (Å²) in [6.07, 6.45) is 0. The predicted octanol–water partition coefficient (Wildman–Crippen LogP) is 0.874. The van der Waals surface area contributed by atoms with Crippen molar-refractivity contribution in [2.24, 2.45) is 4.99 Å². The van der Waals surface area contributed by atoms with Crippen molar-refractivity contribution in [3.63, 3.8) is 0 Å². The van der Waals surface area contributed by atoms with Gasteiger partial charge in [-0.25, -0.2) is 4.99 Å². The van der Waals surface area contributed by atoms with Gasteiger partial charge in [0, 0.05) is 25.1 Å². The fourth-order valence-corrected chi connectivity index (χ4v) is 2.44. The lowest BCUT2D eigenvalue weighted by Crippen LogP contribution is -2.38. The number of hydrogen-bond acceptors (Lipinski definition) is 4. The molecule has 6 nitrogen and oxygen atoms in total. The third-order valence-corrected chi connectivity index (χ3v) is 3.76. The summed E-state index contributed by atoms with van der Waals surface area (Å²) in [6, 6.07) is 2.09. The van der Waals surface area contributed by atoms with Crippen molar-refractivity contribution < 1.29 is 9.53 Å². The highest BCUT2D eigenvalue weighted by Gasteiger charge is 2.04. The summed E-state index contributed by atoms with van der Waals surface area (Å²) in [4.78, 5) is 17.1. The van der Waals surface area contributed by atoms with Crippen molar-refractivity contribution in [1.29, 1.82) is 0 Å². The summed E-state index contributed by atoms with van der Waals surface area (Å²) in [7, 11) is 1.60. The van der Waals surface area contributed by atoms with E-state index < -0.39 is 0 Å². The number of ether oxygens (including phenoxy) is 1. The Balaban J connectivity index is 2.42. The minimum Gasteiger partial charge on any atom is -0.383 e. The SMILES string of the molecule is CCNC(=NCC(=O)NCCOC)NCc1sccc1C. The molecular formula is C14H24N4O2S. The molecule has 118 valence electrons. The van der Waals surface area contributed by atoms with Crippen LogP contribution in [0.25, 0.3) is 0 Å². The van der Waals surface area contributed by atoms with Gasteiger partial charge >= 0.3 is 0 Å². The van der Waals surface area contributed by atoms with Crippen molar-refractivity contribution in [2.75, 3.05) is 33.4 Å². The number of amides is 1. The highest BCUT2D eigenvalue weighted by molar-refractivity contribution is 7.10. The lowest BCUT2D eigenvalue weighted by molar-refractivity contribution is -0.119.